The minimum atomic E-state index is -1.01. The predicted molar refractivity (Wildman–Crippen MR) is 221 cm³/mol. The average Bonchev–Trinajstić information content (AvgIpc) is 3.13. The molecule has 2 unspecified atom stereocenters. The molecule has 0 spiro atoms. The standard InChI is InChI=1S/C45H86N2O5/c1-3-5-7-9-11-13-14-15-16-17-18-19-20-21-23-25-27-33-39-44(49)52-41(35-30-26-24-22-12-10-8-6-4-2)36-31-28-29-32-38-43(48)47-42(45(50)51)37-34-40-46/h30,35,41-42H,3-29,31-34,36-40,46H2,1-2H3,(H,47,48)(H,50,51)/b35-30-. The van der Waals surface area contributed by atoms with Gasteiger partial charge in [-0.25, -0.2) is 4.79 Å². The number of carbonyl (C=O) groups excluding carboxylic acids is 2. The number of nitrogens with one attached hydrogen (secondary N) is 1. The highest BCUT2D eigenvalue weighted by Crippen LogP contribution is 2.17. The van der Waals surface area contributed by atoms with E-state index in [0.29, 0.717) is 38.6 Å². The van der Waals surface area contributed by atoms with Crippen LogP contribution in [0.3, 0.4) is 0 Å². The molecule has 0 saturated heterocycles. The number of nitrogens with two attached hydrogens (primary N) is 1. The number of rotatable bonds is 41. The molecule has 1 amide bonds. The minimum Gasteiger partial charge on any atom is -0.480 e. The summed E-state index contributed by atoms with van der Waals surface area (Å²) in [4.78, 5) is 36.4. The number of amides is 1. The van der Waals surface area contributed by atoms with Gasteiger partial charge in [-0.2, -0.15) is 0 Å². The van der Waals surface area contributed by atoms with Crippen molar-refractivity contribution in [3.8, 4) is 0 Å². The lowest BCUT2D eigenvalue weighted by Crippen LogP contribution is -2.40. The Bertz CT molecular complexity index is 833. The van der Waals surface area contributed by atoms with Crippen molar-refractivity contribution in [1.82, 2.24) is 5.32 Å². The Morgan fingerprint density at radius 1 is 0.558 bits per heavy atom. The fourth-order valence-electron chi connectivity index (χ4n) is 6.89. The quantitative estimate of drug-likeness (QED) is 0.0327. The number of ether oxygens (including phenoxy) is 1. The van der Waals surface area contributed by atoms with Crippen LogP contribution in [0.5, 0.6) is 0 Å². The molecule has 0 bridgehead atoms. The highest BCUT2D eigenvalue weighted by molar-refractivity contribution is 5.83. The maximum atomic E-state index is 12.7. The van der Waals surface area contributed by atoms with Crippen LogP contribution in [0.4, 0.5) is 0 Å². The van der Waals surface area contributed by atoms with Crippen molar-refractivity contribution in [2.24, 2.45) is 5.73 Å². The molecule has 0 aliphatic rings. The highest BCUT2D eigenvalue weighted by atomic mass is 16.5. The Balaban J connectivity index is 4.20. The SMILES string of the molecule is CCCCCCCCC/C=C\C(CCCCCCC(=O)NC(CCCN)C(=O)O)OC(=O)CCCCCCCCCCCCCCCCCCCC. The second-order valence-electron chi connectivity index (χ2n) is 15.5. The van der Waals surface area contributed by atoms with Gasteiger partial charge in [0.2, 0.25) is 5.91 Å². The van der Waals surface area contributed by atoms with Crippen LogP contribution >= 0.6 is 0 Å². The largest absolute Gasteiger partial charge is 0.480 e. The van der Waals surface area contributed by atoms with Gasteiger partial charge in [0.15, 0.2) is 0 Å². The fraction of sp³-hybridized carbons (Fsp3) is 0.889. The van der Waals surface area contributed by atoms with E-state index >= 15 is 0 Å². The third-order valence-electron chi connectivity index (χ3n) is 10.3. The predicted octanol–water partition coefficient (Wildman–Crippen LogP) is 12.7. The first kappa shape index (κ1) is 50.1. The number of hydrogen-bond acceptors (Lipinski definition) is 5. The van der Waals surface area contributed by atoms with E-state index in [4.69, 9.17) is 10.5 Å². The summed E-state index contributed by atoms with van der Waals surface area (Å²) in [5, 5.41) is 11.9. The van der Waals surface area contributed by atoms with E-state index in [0.717, 1.165) is 44.9 Å². The van der Waals surface area contributed by atoms with E-state index in [1.807, 2.05) is 0 Å². The number of hydrogen-bond donors (Lipinski definition) is 3. The van der Waals surface area contributed by atoms with E-state index < -0.39 is 12.0 Å². The van der Waals surface area contributed by atoms with Gasteiger partial charge in [-0.15, -0.1) is 0 Å². The van der Waals surface area contributed by atoms with Crippen molar-refractivity contribution in [3.63, 3.8) is 0 Å². The summed E-state index contributed by atoms with van der Waals surface area (Å²) in [6, 6.07) is -0.867. The van der Waals surface area contributed by atoms with Gasteiger partial charge in [-0.3, -0.25) is 9.59 Å². The summed E-state index contributed by atoms with van der Waals surface area (Å²) in [7, 11) is 0. The van der Waals surface area contributed by atoms with Crippen molar-refractivity contribution in [2.45, 2.75) is 251 Å². The molecule has 0 aliphatic carbocycles. The van der Waals surface area contributed by atoms with E-state index in [1.54, 1.807) is 0 Å². The Kier molecular flexibility index (Phi) is 38.8. The average molecular weight is 735 g/mol. The lowest BCUT2D eigenvalue weighted by atomic mass is 10.0. The topological polar surface area (TPSA) is 119 Å². The van der Waals surface area contributed by atoms with Gasteiger partial charge in [0.05, 0.1) is 0 Å². The third kappa shape index (κ3) is 36.5. The Morgan fingerprint density at radius 2 is 0.981 bits per heavy atom. The molecule has 0 aliphatic heterocycles. The number of unbranched alkanes of at least 4 members (excludes halogenated alkanes) is 27. The number of allylic oxidation sites excluding steroid dienone is 1. The first-order valence-corrected chi connectivity index (χ1v) is 22.5. The summed E-state index contributed by atoms with van der Waals surface area (Å²) in [6.45, 7) is 4.94. The molecule has 0 aromatic carbocycles. The van der Waals surface area contributed by atoms with Crippen molar-refractivity contribution in [2.75, 3.05) is 6.54 Å². The van der Waals surface area contributed by atoms with Gasteiger partial charge in [0, 0.05) is 12.8 Å². The molecule has 0 rings (SSSR count). The number of carbonyl (C=O) groups is 3. The normalized spacial score (nSPS) is 12.7. The highest BCUT2D eigenvalue weighted by Gasteiger charge is 2.19. The molecular formula is C45H86N2O5. The van der Waals surface area contributed by atoms with E-state index in [1.165, 1.54) is 148 Å². The van der Waals surface area contributed by atoms with Gasteiger partial charge in [0.1, 0.15) is 12.1 Å². The van der Waals surface area contributed by atoms with Crippen LogP contribution in [0.1, 0.15) is 239 Å². The molecule has 0 radical (unpaired) electrons. The van der Waals surface area contributed by atoms with Crippen LogP contribution in [-0.4, -0.2) is 41.6 Å². The molecular weight excluding hydrogens is 649 g/mol. The number of aliphatic carboxylic acids is 1. The van der Waals surface area contributed by atoms with Crippen LogP contribution in [-0.2, 0) is 19.1 Å². The third-order valence-corrected chi connectivity index (χ3v) is 10.3. The Morgan fingerprint density at radius 3 is 1.44 bits per heavy atom. The first-order valence-electron chi connectivity index (χ1n) is 22.5. The Labute approximate surface area is 321 Å². The van der Waals surface area contributed by atoms with Crippen molar-refractivity contribution in [1.29, 1.82) is 0 Å². The van der Waals surface area contributed by atoms with Crippen LogP contribution < -0.4 is 11.1 Å². The van der Waals surface area contributed by atoms with Gasteiger partial charge >= 0.3 is 11.9 Å². The Hall–Kier alpha value is -1.89. The molecule has 7 nitrogen and oxygen atoms in total. The van der Waals surface area contributed by atoms with E-state index in [-0.39, 0.29) is 18.0 Å². The molecule has 0 fully saturated rings. The van der Waals surface area contributed by atoms with Crippen LogP contribution in [0.25, 0.3) is 0 Å². The van der Waals surface area contributed by atoms with Gasteiger partial charge in [-0.1, -0.05) is 180 Å². The van der Waals surface area contributed by atoms with Gasteiger partial charge in [0.25, 0.3) is 0 Å². The zero-order chi connectivity index (χ0) is 38.2. The lowest BCUT2D eigenvalue weighted by Gasteiger charge is -2.15. The van der Waals surface area contributed by atoms with Gasteiger partial charge < -0.3 is 20.9 Å². The molecule has 306 valence electrons. The number of carboxylic acids is 1. The number of esters is 1. The molecule has 0 aromatic rings. The smallest absolute Gasteiger partial charge is 0.326 e. The number of carboxylic acid groups (broad SMARTS) is 1. The van der Waals surface area contributed by atoms with Gasteiger partial charge in [-0.05, 0) is 64.0 Å². The van der Waals surface area contributed by atoms with E-state index in [2.05, 4.69) is 31.3 Å². The van der Waals surface area contributed by atoms with E-state index in [9.17, 15) is 19.5 Å². The van der Waals surface area contributed by atoms with Crippen LogP contribution in [0.2, 0.25) is 0 Å². The van der Waals surface area contributed by atoms with Crippen molar-refractivity contribution >= 4 is 17.8 Å². The molecule has 52 heavy (non-hydrogen) atoms. The molecule has 2 atom stereocenters. The van der Waals surface area contributed by atoms with Crippen molar-refractivity contribution in [3.05, 3.63) is 12.2 Å². The molecule has 0 saturated carbocycles. The van der Waals surface area contributed by atoms with Crippen molar-refractivity contribution < 1.29 is 24.2 Å². The maximum Gasteiger partial charge on any atom is 0.326 e. The monoisotopic (exact) mass is 735 g/mol. The summed E-state index contributed by atoms with van der Waals surface area (Å²) < 4.78 is 5.94. The van der Waals surface area contributed by atoms with Crippen LogP contribution in [0.15, 0.2) is 12.2 Å². The molecule has 4 N–H and O–H groups in total. The van der Waals surface area contributed by atoms with Crippen LogP contribution in [0, 0.1) is 0 Å². The second-order valence-corrected chi connectivity index (χ2v) is 15.5. The lowest BCUT2D eigenvalue weighted by molar-refractivity contribution is -0.147. The summed E-state index contributed by atoms with van der Waals surface area (Å²) in [5.41, 5.74) is 5.49. The maximum absolute atomic E-state index is 12.7. The molecule has 0 heterocycles. The second kappa shape index (κ2) is 40.3. The minimum absolute atomic E-state index is 0.0821. The summed E-state index contributed by atoms with van der Waals surface area (Å²) in [6.07, 6.45) is 44.2. The zero-order valence-corrected chi connectivity index (χ0v) is 34.4. The summed E-state index contributed by atoms with van der Waals surface area (Å²) in [5.74, 6) is -1.31. The fourth-order valence-corrected chi connectivity index (χ4v) is 6.89. The first-order chi connectivity index (χ1) is 25.4. The summed E-state index contributed by atoms with van der Waals surface area (Å²) >= 11 is 0. The molecule has 7 heteroatoms. The molecule has 0 aromatic heterocycles. The zero-order valence-electron chi connectivity index (χ0n) is 34.4.